The van der Waals surface area contributed by atoms with Crippen LogP contribution in [0.1, 0.15) is 17.5 Å². The van der Waals surface area contributed by atoms with Crippen LogP contribution in [0.25, 0.3) is 0 Å². The number of hydrogen-bond donors (Lipinski definition) is 1. The van der Waals surface area contributed by atoms with Crippen LogP contribution in [0.15, 0.2) is 42.6 Å². The predicted octanol–water partition coefficient (Wildman–Crippen LogP) is 3.45. The number of alkyl halides is 3. The van der Waals surface area contributed by atoms with Crippen molar-refractivity contribution >= 4 is 11.7 Å². The van der Waals surface area contributed by atoms with Gasteiger partial charge in [0.1, 0.15) is 11.6 Å². The summed E-state index contributed by atoms with van der Waals surface area (Å²) >= 11 is 0. The number of aromatic nitrogens is 1. The Labute approximate surface area is 141 Å². The molecule has 25 heavy (non-hydrogen) atoms. The zero-order valence-electron chi connectivity index (χ0n) is 13.1. The normalized spacial score (nSPS) is 17.8. The van der Waals surface area contributed by atoms with E-state index in [-0.39, 0.29) is 30.0 Å². The molecule has 1 saturated heterocycles. The Balaban J connectivity index is 1.59. The van der Waals surface area contributed by atoms with Crippen molar-refractivity contribution < 1.29 is 22.4 Å². The molecular weight excluding hydrogens is 338 g/mol. The molecule has 1 aromatic carbocycles. The predicted molar refractivity (Wildman–Crippen MR) is 83.1 cm³/mol. The van der Waals surface area contributed by atoms with Gasteiger partial charge in [-0.3, -0.25) is 4.79 Å². The monoisotopic (exact) mass is 353 g/mol. The van der Waals surface area contributed by atoms with Crippen LogP contribution < -0.4 is 5.32 Å². The van der Waals surface area contributed by atoms with Crippen molar-refractivity contribution in [2.24, 2.45) is 0 Å². The molecule has 1 aliphatic rings. The number of amides is 1. The van der Waals surface area contributed by atoms with Crippen LogP contribution in [0, 0.1) is 5.82 Å². The van der Waals surface area contributed by atoms with E-state index in [1.807, 2.05) is 0 Å². The molecule has 1 aliphatic heterocycles. The van der Waals surface area contributed by atoms with E-state index in [0.717, 1.165) is 17.8 Å². The number of halogens is 4. The smallest absolute Gasteiger partial charge is 0.365 e. The Morgan fingerprint density at radius 1 is 1.16 bits per heavy atom. The largest absolute Gasteiger partial charge is 0.417 e. The highest BCUT2D eigenvalue weighted by atomic mass is 19.4. The van der Waals surface area contributed by atoms with E-state index in [1.54, 1.807) is 17.0 Å². The lowest BCUT2D eigenvalue weighted by Crippen LogP contribution is -2.27. The third kappa shape index (κ3) is 4.26. The Kier molecular flexibility index (Phi) is 4.61. The lowest BCUT2D eigenvalue weighted by molar-refractivity contribution is -0.137. The van der Waals surface area contributed by atoms with Gasteiger partial charge in [0.25, 0.3) is 0 Å². The number of carbonyl (C=O) groups excluding carboxylic acids is 1. The van der Waals surface area contributed by atoms with Gasteiger partial charge in [-0.15, -0.1) is 0 Å². The summed E-state index contributed by atoms with van der Waals surface area (Å²) in [5.41, 5.74) is -0.0125. The first kappa shape index (κ1) is 17.2. The van der Waals surface area contributed by atoms with Crippen molar-refractivity contribution in [2.75, 3.05) is 11.9 Å². The summed E-state index contributed by atoms with van der Waals surface area (Å²) in [5, 5.41) is 2.97. The van der Waals surface area contributed by atoms with Gasteiger partial charge in [0.05, 0.1) is 11.6 Å². The molecule has 1 amide bonds. The third-order valence-electron chi connectivity index (χ3n) is 3.94. The first-order valence-corrected chi connectivity index (χ1v) is 7.63. The van der Waals surface area contributed by atoms with Gasteiger partial charge in [0, 0.05) is 25.7 Å². The summed E-state index contributed by atoms with van der Waals surface area (Å²) in [6.45, 7) is 0.761. The summed E-state index contributed by atoms with van der Waals surface area (Å²) in [5.74, 6) is -0.132. The van der Waals surface area contributed by atoms with Gasteiger partial charge < -0.3 is 10.2 Å². The average Bonchev–Trinajstić information content (AvgIpc) is 2.89. The van der Waals surface area contributed by atoms with Crippen molar-refractivity contribution in [3.8, 4) is 0 Å². The van der Waals surface area contributed by atoms with Gasteiger partial charge in [-0.05, 0) is 29.8 Å². The highest BCUT2D eigenvalue weighted by molar-refractivity contribution is 5.80. The van der Waals surface area contributed by atoms with E-state index >= 15 is 0 Å². The first-order valence-electron chi connectivity index (χ1n) is 7.63. The van der Waals surface area contributed by atoms with Gasteiger partial charge in [0.15, 0.2) is 0 Å². The first-order chi connectivity index (χ1) is 11.8. The molecule has 0 spiro atoms. The van der Waals surface area contributed by atoms with E-state index in [1.165, 1.54) is 18.2 Å². The third-order valence-corrected chi connectivity index (χ3v) is 3.94. The lowest BCUT2D eigenvalue weighted by Gasteiger charge is -2.17. The number of likely N-dealkylation sites (tertiary alicyclic amines) is 1. The molecule has 1 fully saturated rings. The molecule has 3 rings (SSSR count). The highest BCUT2D eigenvalue weighted by Crippen LogP contribution is 2.29. The van der Waals surface area contributed by atoms with Crippen LogP contribution in [-0.2, 0) is 17.5 Å². The lowest BCUT2D eigenvalue weighted by atomic mass is 10.2. The van der Waals surface area contributed by atoms with E-state index in [0.29, 0.717) is 13.1 Å². The molecule has 0 radical (unpaired) electrons. The number of nitrogens with one attached hydrogen (secondary N) is 1. The number of benzene rings is 1. The average molecular weight is 353 g/mol. The maximum absolute atomic E-state index is 12.9. The number of nitrogens with zero attached hydrogens (tertiary/aromatic N) is 2. The van der Waals surface area contributed by atoms with Crippen LogP contribution in [0.2, 0.25) is 0 Å². The number of hydrogen-bond acceptors (Lipinski definition) is 3. The molecule has 132 valence electrons. The summed E-state index contributed by atoms with van der Waals surface area (Å²) in [6.07, 6.45) is -3.44. The zero-order valence-corrected chi connectivity index (χ0v) is 13.1. The van der Waals surface area contributed by atoms with Crippen LogP contribution in [0.3, 0.4) is 0 Å². The van der Waals surface area contributed by atoms with E-state index < -0.39 is 11.7 Å². The van der Waals surface area contributed by atoms with E-state index in [9.17, 15) is 22.4 Å². The second-order valence-electron chi connectivity index (χ2n) is 5.88. The second-order valence-corrected chi connectivity index (χ2v) is 5.88. The van der Waals surface area contributed by atoms with Crippen LogP contribution in [0.5, 0.6) is 0 Å². The van der Waals surface area contributed by atoms with Crippen molar-refractivity contribution in [1.82, 2.24) is 9.88 Å². The molecule has 4 nitrogen and oxygen atoms in total. The molecule has 1 atom stereocenters. The number of pyridine rings is 1. The van der Waals surface area contributed by atoms with Gasteiger partial charge in [-0.2, -0.15) is 13.2 Å². The quantitative estimate of drug-likeness (QED) is 0.857. The maximum Gasteiger partial charge on any atom is 0.417 e. The van der Waals surface area contributed by atoms with Crippen molar-refractivity contribution in [1.29, 1.82) is 0 Å². The molecule has 1 N–H and O–H groups in total. The fraction of sp³-hybridized carbons (Fsp3) is 0.294. The van der Waals surface area contributed by atoms with Crippen LogP contribution >= 0.6 is 0 Å². The second kappa shape index (κ2) is 6.70. The topological polar surface area (TPSA) is 45.2 Å². The summed E-state index contributed by atoms with van der Waals surface area (Å²) < 4.78 is 50.5. The standard InChI is InChI=1S/C17H15F4N3O/c18-13-4-1-11(2-5-13)9-24-10-14(7-16(24)25)23-15-6-3-12(8-22-15)17(19,20)21/h1-6,8,14H,7,9-10H2,(H,22,23)/t14-/m0/s1. The minimum Gasteiger partial charge on any atom is -0.365 e. The molecule has 0 saturated carbocycles. The minimum absolute atomic E-state index is 0.0752. The fourth-order valence-electron chi connectivity index (χ4n) is 2.69. The molecule has 1 aromatic heterocycles. The van der Waals surface area contributed by atoms with Gasteiger partial charge in [0.2, 0.25) is 5.91 Å². The zero-order chi connectivity index (χ0) is 18.0. The van der Waals surface area contributed by atoms with Crippen LogP contribution in [0.4, 0.5) is 23.4 Å². The Hall–Kier alpha value is -2.64. The van der Waals surface area contributed by atoms with Gasteiger partial charge in [-0.1, -0.05) is 12.1 Å². The fourth-order valence-corrected chi connectivity index (χ4v) is 2.69. The van der Waals surface area contributed by atoms with Crippen molar-refractivity contribution in [3.05, 3.63) is 59.5 Å². The Morgan fingerprint density at radius 2 is 1.88 bits per heavy atom. The number of rotatable bonds is 4. The summed E-state index contributed by atoms with van der Waals surface area (Å²) in [7, 11) is 0. The molecule has 8 heteroatoms. The molecular formula is C17H15F4N3O. The SMILES string of the molecule is O=C1C[C@H](Nc2ccc(C(F)(F)F)cn2)CN1Cc1ccc(F)cc1. The number of anilines is 1. The molecule has 2 heterocycles. The van der Waals surface area contributed by atoms with E-state index in [4.69, 9.17) is 0 Å². The van der Waals surface area contributed by atoms with Crippen molar-refractivity contribution in [2.45, 2.75) is 25.2 Å². The van der Waals surface area contributed by atoms with Crippen molar-refractivity contribution in [3.63, 3.8) is 0 Å². The molecule has 0 bridgehead atoms. The van der Waals surface area contributed by atoms with Gasteiger partial charge in [-0.25, -0.2) is 9.37 Å². The molecule has 0 aliphatic carbocycles. The highest BCUT2D eigenvalue weighted by Gasteiger charge is 2.32. The summed E-state index contributed by atoms with van der Waals surface area (Å²) in [6, 6.07) is 7.84. The van der Waals surface area contributed by atoms with E-state index in [2.05, 4.69) is 10.3 Å². The molecule has 2 aromatic rings. The minimum atomic E-state index is -4.43. The Morgan fingerprint density at radius 3 is 2.48 bits per heavy atom. The number of carbonyl (C=O) groups is 1. The maximum atomic E-state index is 12.9. The molecule has 0 unspecified atom stereocenters. The van der Waals surface area contributed by atoms with Gasteiger partial charge >= 0.3 is 6.18 Å². The Bertz CT molecular complexity index is 744. The summed E-state index contributed by atoms with van der Waals surface area (Å²) in [4.78, 5) is 17.4. The van der Waals surface area contributed by atoms with Crippen LogP contribution in [-0.4, -0.2) is 28.4 Å².